The zero-order valence-electron chi connectivity index (χ0n) is 14.9. The lowest BCUT2D eigenvalue weighted by Gasteiger charge is -2.32. The van der Waals surface area contributed by atoms with E-state index in [1.165, 1.54) is 5.56 Å². The second-order valence-electron chi connectivity index (χ2n) is 6.45. The van der Waals surface area contributed by atoms with Crippen molar-refractivity contribution in [1.82, 2.24) is 9.88 Å². The van der Waals surface area contributed by atoms with Crippen LogP contribution < -0.4 is 4.74 Å². The highest BCUT2D eigenvalue weighted by molar-refractivity contribution is 9.10. The van der Waals surface area contributed by atoms with Crippen LogP contribution in [0.15, 0.2) is 52.1 Å². The number of hydrogen-bond donors (Lipinski definition) is 0. The van der Waals surface area contributed by atoms with Crippen LogP contribution in [-0.2, 0) is 0 Å². The van der Waals surface area contributed by atoms with E-state index in [4.69, 9.17) is 9.73 Å². The zero-order chi connectivity index (χ0) is 18.1. The molecule has 1 aromatic heterocycles. The highest BCUT2D eigenvalue weighted by Gasteiger charge is 2.46. The first kappa shape index (κ1) is 17.9. The Kier molecular flexibility index (Phi) is 5.23. The number of amidine groups is 1. The van der Waals surface area contributed by atoms with Gasteiger partial charge >= 0.3 is 0 Å². The maximum atomic E-state index is 5.98. The smallest absolute Gasteiger partial charge is 0.160 e. The quantitative estimate of drug-likeness (QED) is 0.649. The Bertz CT molecular complexity index is 814. The number of rotatable bonds is 5. The second-order valence-corrected chi connectivity index (χ2v) is 8.35. The molecule has 0 radical (unpaired) electrons. The Labute approximate surface area is 167 Å². The number of nitrogens with zero attached hydrogens (tertiary/aromatic N) is 3. The molecule has 4 rings (SSSR count). The topological polar surface area (TPSA) is 37.7 Å². The Morgan fingerprint density at radius 1 is 1.27 bits per heavy atom. The normalized spacial score (nSPS) is 24.5. The monoisotopic (exact) mass is 431 g/mol. The molecular formula is C20H22BrN3OS. The molecule has 0 N–H and O–H groups in total. The summed E-state index contributed by atoms with van der Waals surface area (Å²) < 4.78 is 7.04. The Morgan fingerprint density at radius 3 is 2.88 bits per heavy atom. The maximum absolute atomic E-state index is 5.98. The van der Waals surface area contributed by atoms with E-state index in [1.807, 2.05) is 43.1 Å². The number of ether oxygens (including phenoxy) is 1. The summed E-state index contributed by atoms with van der Waals surface area (Å²) in [6.07, 6.45) is 2.96. The molecule has 0 aliphatic carbocycles. The van der Waals surface area contributed by atoms with Gasteiger partial charge in [0.25, 0.3) is 0 Å². The predicted octanol–water partition coefficient (Wildman–Crippen LogP) is 5.22. The van der Waals surface area contributed by atoms with Crippen LogP contribution in [0.25, 0.3) is 0 Å². The van der Waals surface area contributed by atoms with Gasteiger partial charge in [0.2, 0.25) is 0 Å². The van der Waals surface area contributed by atoms with E-state index in [1.54, 1.807) is 0 Å². The molecular weight excluding hydrogens is 410 g/mol. The van der Waals surface area contributed by atoms with Crippen molar-refractivity contribution in [3.05, 3.63) is 58.3 Å². The molecule has 3 atom stereocenters. The summed E-state index contributed by atoms with van der Waals surface area (Å²) in [5.41, 5.74) is 2.19. The van der Waals surface area contributed by atoms with Crippen LogP contribution in [0.5, 0.6) is 5.75 Å². The summed E-state index contributed by atoms with van der Waals surface area (Å²) >= 11 is 5.50. The van der Waals surface area contributed by atoms with E-state index in [2.05, 4.69) is 50.9 Å². The van der Waals surface area contributed by atoms with Crippen LogP contribution in [0.3, 0.4) is 0 Å². The molecule has 6 heteroatoms. The highest BCUT2D eigenvalue weighted by atomic mass is 79.9. The Morgan fingerprint density at radius 2 is 2.15 bits per heavy atom. The molecule has 1 fully saturated rings. The van der Waals surface area contributed by atoms with Crippen molar-refractivity contribution in [1.29, 1.82) is 0 Å². The van der Waals surface area contributed by atoms with E-state index < -0.39 is 0 Å². The Balaban J connectivity index is 1.84. The summed E-state index contributed by atoms with van der Waals surface area (Å²) in [5, 5.41) is 1.14. The van der Waals surface area contributed by atoms with Gasteiger partial charge in [0.1, 0.15) is 11.8 Å². The lowest BCUT2D eigenvalue weighted by molar-refractivity contribution is 0.245. The summed E-state index contributed by atoms with van der Waals surface area (Å²) in [7, 11) is 0. The first-order valence-corrected chi connectivity index (χ1v) is 10.8. The van der Waals surface area contributed by atoms with Gasteiger partial charge in [-0.3, -0.25) is 9.98 Å². The van der Waals surface area contributed by atoms with Crippen molar-refractivity contribution in [3.8, 4) is 5.75 Å². The van der Waals surface area contributed by atoms with Crippen molar-refractivity contribution in [2.45, 2.75) is 38.4 Å². The van der Waals surface area contributed by atoms with E-state index in [9.17, 15) is 0 Å². The van der Waals surface area contributed by atoms with Gasteiger partial charge < -0.3 is 9.64 Å². The van der Waals surface area contributed by atoms with Crippen LogP contribution in [0.1, 0.15) is 43.6 Å². The summed E-state index contributed by atoms with van der Waals surface area (Å²) in [4.78, 5) is 12.2. The fraction of sp³-hybridized carbons (Fsp3) is 0.400. The average Bonchev–Trinajstić information content (AvgIpc) is 3.23. The number of thioether (sulfide) groups is 1. The zero-order valence-corrected chi connectivity index (χ0v) is 17.3. The van der Waals surface area contributed by atoms with Crippen molar-refractivity contribution in [3.63, 3.8) is 0 Å². The van der Waals surface area contributed by atoms with Crippen LogP contribution in [0, 0.1) is 0 Å². The van der Waals surface area contributed by atoms with Crippen molar-refractivity contribution in [2.75, 3.05) is 12.4 Å². The van der Waals surface area contributed by atoms with E-state index in [-0.39, 0.29) is 12.1 Å². The molecule has 136 valence electrons. The molecule has 0 unspecified atom stereocenters. The fourth-order valence-electron chi connectivity index (χ4n) is 3.72. The molecule has 0 spiro atoms. The first-order chi connectivity index (χ1) is 12.7. The predicted molar refractivity (Wildman–Crippen MR) is 111 cm³/mol. The second kappa shape index (κ2) is 7.61. The number of aromatic nitrogens is 1. The molecule has 26 heavy (non-hydrogen) atoms. The molecule has 0 amide bonds. The first-order valence-electron chi connectivity index (χ1n) is 9.05. The maximum Gasteiger partial charge on any atom is 0.160 e. The van der Waals surface area contributed by atoms with Gasteiger partial charge in [-0.2, -0.15) is 0 Å². The molecule has 1 saturated heterocycles. The number of hydrogen-bond acceptors (Lipinski definition) is 5. The van der Waals surface area contributed by atoms with E-state index in [0.29, 0.717) is 12.6 Å². The van der Waals surface area contributed by atoms with Gasteiger partial charge in [-0.25, -0.2) is 0 Å². The van der Waals surface area contributed by atoms with E-state index in [0.717, 1.165) is 33.3 Å². The minimum Gasteiger partial charge on any atom is -0.494 e. The van der Waals surface area contributed by atoms with Gasteiger partial charge in [0.15, 0.2) is 5.17 Å². The SMILES string of the molecule is CCOc1ccc(Br)cc1[C@@H]1[C@@H](c2ccccn2)N=C2SC[C@H](CC)N21. The largest absolute Gasteiger partial charge is 0.494 e. The van der Waals surface area contributed by atoms with Gasteiger partial charge in [0, 0.05) is 28.0 Å². The van der Waals surface area contributed by atoms with Crippen LogP contribution in [-0.4, -0.2) is 33.5 Å². The fourth-order valence-corrected chi connectivity index (χ4v) is 5.44. The lowest BCUT2D eigenvalue weighted by atomic mass is 9.94. The van der Waals surface area contributed by atoms with Gasteiger partial charge in [-0.1, -0.05) is 40.7 Å². The lowest BCUT2D eigenvalue weighted by Crippen LogP contribution is -2.35. The average molecular weight is 432 g/mol. The van der Waals surface area contributed by atoms with Gasteiger partial charge in [0.05, 0.1) is 18.3 Å². The minimum absolute atomic E-state index is 0.0124. The summed E-state index contributed by atoms with van der Waals surface area (Å²) in [6.45, 7) is 4.93. The summed E-state index contributed by atoms with van der Waals surface area (Å²) in [5.74, 6) is 2.03. The number of benzene rings is 1. The molecule has 0 bridgehead atoms. The van der Waals surface area contributed by atoms with Crippen molar-refractivity contribution >= 4 is 32.9 Å². The summed E-state index contributed by atoms with van der Waals surface area (Å²) in [6, 6.07) is 12.9. The van der Waals surface area contributed by atoms with Gasteiger partial charge in [-0.15, -0.1) is 0 Å². The third kappa shape index (κ3) is 3.14. The van der Waals surface area contributed by atoms with Crippen LogP contribution in [0.4, 0.5) is 0 Å². The molecule has 3 heterocycles. The molecule has 2 aliphatic heterocycles. The molecule has 4 nitrogen and oxygen atoms in total. The van der Waals surface area contributed by atoms with Crippen molar-refractivity contribution < 1.29 is 4.74 Å². The number of aliphatic imine (C=N–C) groups is 1. The Hall–Kier alpha value is -1.53. The number of fused-ring (bicyclic) bond motifs is 1. The third-order valence-corrected chi connectivity index (χ3v) is 6.54. The minimum atomic E-state index is -0.0124. The molecule has 2 aromatic rings. The third-order valence-electron chi connectivity index (χ3n) is 4.92. The van der Waals surface area contributed by atoms with E-state index >= 15 is 0 Å². The highest BCUT2D eigenvalue weighted by Crippen LogP contribution is 2.50. The number of halogens is 1. The van der Waals surface area contributed by atoms with Crippen LogP contribution in [0.2, 0.25) is 0 Å². The van der Waals surface area contributed by atoms with Crippen molar-refractivity contribution in [2.24, 2.45) is 4.99 Å². The standard InChI is InChI=1S/C20H22BrN3OS/c1-3-14-12-26-20-23-18(16-7-5-6-10-22-16)19(24(14)20)15-11-13(21)8-9-17(15)25-4-2/h5-11,14,18-19H,3-4,12H2,1-2H3/t14-,18+,19+/m0/s1. The van der Waals surface area contributed by atoms with Gasteiger partial charge in [-0.05, 0) is 43.7 Å². The molecule has 0 saturated carbocycles. The van der Waals surface area contributed by atoms with Crippen LogP contribution >= 0.6 is 27.7 Å². The molecule has 1 aromatic carbocycles. The molecule has 2 aliphatic rings. The number of pyridine rings is 1.